The van der Waals surface area contributed by atoms with Crippen LogP contribution >= 0.6 is 0 Å². The number of halogens is 1. The van der Waals surface area contributed by atoms with Gasteiger partial charge >= 0.3 is 0 Å². The Kier molecular flexibility index (Phi) is 4.54. The fraction of sp³-hybridized carbons (Fsp3) is 0.538. The van der Waals surface area contributed by atoms with Crippen molar-refractivity contribution in [2.24, 2.45) is 5.73 Å². The molecule has 0 amide bonds. The van der Waals surface area contributed by atoms with E-state index in [1.165, 1.54) is 12.1 Å². The van der Waals surface area contributed by atoms with Crippen molar-refractivity contribution in [2.75, 3.05) is 0 Å². The van der Waals surface area contributed by atoms with Crippen LogP contribution in [0.3, 0.4) is 0 Å². The largest absolute Gasteiger partial charge is 0.326 e. The first kappa shape index (κ1) is 14.4. The Morgan fingerprint density at radius 2 is 1.95 bits per heavy atom. The first-order valence-corrected chi connectivity index (χ1v) is 8.02. The Labute approximate surface area is 113 Å². The van der Waals surface area contributed by atoms with Gasteiger partial charge in [0.05, 0.1) is 4.90 Å². The summed E-state index contributed by atoms with van der Waals surface area (Å²) < 4.78 is 40.5. The van der Waals surface area contributed by atoms with E-state index in [1.807, 2.05) is 0 Å². The molecule has 6 heteroatoms. The third-order valence-electron chi connectivity index (χ3n) is 3.47. The number of rotatable bonds is 4. The molecule has 3 N–H and O–H groups in total. The minimum atomic E-state index is -3.70. The number of nitrogens with one attached hydrogen (secondary N) is 1. The van der Waals surface area contributed by atoms with E-state index < -0.39 is 15.8 Å². The molecular weight excluding hydrogens is 267 g/mol. The van der Waals surface area contributed by atoms with Crippen molar-refractivity contribution >= 4 is 10.0 Å². The van der Waals surface area contributed by atoms with E-state index >= 15 is 0 Å². The zero-order chi connectivity index (χ0) is 13.9. The maximum absolute atomic E-state index is 13.3. The molecule has 0 saturated heterocycles. The second kappa shape index (κ2) is 5.98. The summed E-state index contributed by atoms with van der Waals surface area (Å²) in [4.78, 5) is -0.0411. The minimum absolute atomic E-state index is 0.0411. The third kappa shape index (κ3) is 3.52. The zero-order valence-electron chi connectivity index (χ0n) is 10.7. The predicted molar refractivity (Wildman–Crippen MR) is 71.5 cm³/mol. The van der Waals surface area contributed by atoms with E-state index in [9.17, 15) is 12.8 Å². The van der Waals surface area contributed by atoms with E-state index in [-0.39, 0.29) is 17.5 Å². The Bertz CT molecular complexity index is 540. The van der Waals surface area contributed by atoms with Gasteiger partial charge in [-0.1, -0.05) is 25.3 Å². The summed E-state index contributed by atoms with van der Waals surface area (Å²) in [6.07, 6.45) is 4.88. The van der Waals surface area contributed by atoms with E-state index in [4.69, 9.17) is 5.73 Å². The maximum Gasteiger partial charge on any atom is 0.241 e. The maximum atomic E-state index is 13.3. The van der Waals surface area contributed by atoms with E-state index in [0.29, 0.717) is 5.56 Å². The molecule has 1 aromatic rings. The van der Waals surface area contributed by atoms with Crippen molar-refractivity contribution in [2.45, 2.75) is 49.6 Å². The van der Waals surface area contributed by atoms with Gasteiger partial charge in [0.25, 0.3) is 0 Å². The molecule has 1 aliphatic rings. The highest BCUT2D eigenvalue weighted by atomic mass is 32.2. The monoisotopic (exact) mass is 286 g/mol. The van der Waals surface area contributed by atoms with Crippen LogP contribution in [-0.4, -0.2) is 14.5 Å². The van der Waals surface area contributed by atoms with Crippen LogP contribution in [0.25, 0.3) is 0 Å². The van der Waals surface area contributed by atoms with Gasteiger partial charge < -0.3 is 5.73 Å². The van der Waals surface area contributed by atoms with Crippen LogP contribution in [0.1, 0.15) is 37.7 Å². The first-order chi connectivity index (χ1) is 9.03. The Balaban J connectivity index is 2.25. The first-order valence-electron chi connectivity index (χ1n) is 6.54. The highest BCUT2D eigenvalue weighted by Gasteiger charge is 2.24. The predicted octanol–water partition coefficient (Wildman–Crippen LogP) is 1.90. The van der Waals surface area contributed by atoms with E-state index in [2.05, 4.69) is 4.72 Å². The number of hydrogen-bond acceptors (Lipinski definition) is 3. The molecule has 0 spiro atoms. The summed E-state index contributed by atoms with van der Waals surface area (Å²) >= 11 is 0. The molecule has 19 heavy (non-hydrogen) atoms. The summed E-state index contributed by atoms with van der Waals surface area (Å²) in [5, 5.41) is 0. The summed E-state index contributed by atoms with van der Waals surface area (Å²) in [6.45, 7) is 0.0706. The van der Waals surface area contributed by atoms with Crippen LogP contribution in [0.2, 0.25) is 0 Å². The molecule has 1 fully saturated rings. The van der Waals surface area contributed by atoms with Gasteiger partial charge in [-0.2, -0.15) is 0 Å². The zero-order valence-corrected chi connectivity index (χ0v) is 11.5. The van der Waals surface area contributed by atoms with Gasteiger partial charge in [0.1, 0.15) is 5.82 Å². The number of benzene rings is 1. The van der Waals surface area contributed by atoms with Gasteiger partial charge in [0, 0.05) is 12.6 Å². The molecule has 0 aliphatic heterocycles. The van der Waals surface area contributed by atoms with E-state index in [1.54, 1.807) is 0 Å². The Hall–Kier alpha value is -0.980. The average molecular weight is 286 g/mol. The minimum Gasteiger partial charge on any atom is -0.326 e. The number of hydrogen-bond donors (Lipinski definition) is 2. The molecule has 4 nitrogen and oxygen atoms in total. The second-order valence-corrected chi connectivity index (χ2v) is 6.59. The molecular formula is C13H19FN2O2S. The molecule has 0 atom stereocenters. The third-order valence-corrected chi connectivity index (χ3v) is 5.07. The Morgan fingerprint density at radius 1 is 1.26 bits per heavy atom. The van der Waals surface area contributed by atoms with Crippen LogP contribution in [0.5, 0.6) is 0 Å². The molecule has 1 aromatic carbocycles. The fourth-order valence-corrected chi connectivity index (χ4v) is 4.02. The van der Waals surface area contributed by atoms with Crippen molar-refractivity contribution < 1.29 is 12.8 Å². The van der Waals surface area contributed by atoms with Crippen LogP contribution in [0.4, 0.5) is 4.39 Å². The highest BCUT2D eigenvalue weighted by molar-refractivity contribution is 7.89. The average Bonchev–Trinajstić information content (AvgIpc) is 2.39. The lowest BCUT2D eigenvalue weighted by Crippen LogP contribution is -2.36. The van der Waals surface area contributed by atoms with Crippen LogP contribution in [0.15, 0.2) is 23.1 Å². The summed E-state index contributed by atoms with van der Waals surface area (Å²) in [7, 11) is -3.70. The van der Waals surface area contributed by atoms with Gasteiger partial charge in [0.15, 0.2) is 0 Å². The van der Waals surface area contributed by atoms with Crippen LogP contribution in [-0.2, 0) is 16.6 Å². The van der Waals surface area contributed by atoms with Crippen LogP contribution in [0, 0.1) is 5.82 Å². The van der Waals surface area contributed by atoms with Gasteiger partial charge in [-0.3, -0.25) is 0 Å². The van der Waals surface area contributed by atoms with Gasteiger partial charge in [-0.05, 0) is 30.5 Å². The Morgan fingerprint density at radius 3 is 2.58 bits per heavy atom. The quantitative estimate of drug-likeness (QED) is 0.888. The molecule has 1 saturated carbocycles. The molecule has 2 rings (SSSR count). The number of sulfonamides is 1. The molecule has 0 heterocycles. The number of nitrogens with two attached hydrogens (primary N) is 1. The molecule has 0 aromatic heterocycles. The SMILES string of the molecule is NCc1ccc(F)cc1S(=O)(=O)NC1CCCCC1. The second-order valence-electron chi connectivity index (χ2n) is 4.91. The van der Waals surface area contributed by atoms with Gasteiger partial charge in [0.2, 0.25) is 10.0 Å². The summed E-state index contributed by atoms with van der Waals surface area (Å²) in [6, 6.07) is 3.63. The molecule has 0 radical (unpaired) electrons. The van der Waals surface area contributed by atoms with Crippen molar-refractivity contribution in [1.29, 1.82) is 0 Å². The lowest BCUT2D eigenvalue weighted by atomic mass is 9.96. The topological polar surface area (TPSA) is 72.2 Å². The van der Waals surface area contributed by atoms with Gasteiger partial charge in [-0.25, -0.2) is 17.5 Å². The van der Waals surface area contributed by atoms with Crippen LogP contribution < -0.4 is 10.5 Å². The highest BCUT2D eigenvalue weighted by Crippen LogP contribution is 2.22. The summed E-state index contributed by atoms with van der Waals surface area (Å²) in [5.41, 5.74) is 5.95. The van der Waals surface area contributed by atoms with Crippen molar-refractivity contribution in [3.63, 3.8) is 0 Å². The standard InChI is InChI=1S/C13H19FN2O2S/c14-11-7-6-10(9-15)13(8-11)19(17,18)16-12-4-2-1-3-5-12/h6-8,12,16H,1-5,9,15H2. The van der Waals surface area contributed by atoms with Crippen molar-refractivity contribution in [3.05, 3.63) is 29.6 Å². The molecule has 0 bridgehead atoms. The molecule has 0 unspecified atom stereocenters. The van der Waals surface area contributed by atoms with Gasteiger partial charge in [-0.15, -0.1) is 0 Å². The van der Waals surface area contributed by atoms with Crippen molar-refractivity contribution in [3.8, 4) is 0 Å². The fourth-order valence-electron chi connectivity index (χ4n) is 2.45. The summed E-state index contributed by atoms with van der Waals surface area (Å²) in [5.74, 6) is -0.568. The molecule has 106 valence electrons. The normalized spacial score (nSPS) is 17.6. The smallest absolute Gasteiger partial charge is 0.241 e. The lowest BCUT2D eigenvalue weighted by Gasteiger charge is -2.23. The van der Waals surface area contributed by atoms with E-state index in [0.717, 1.165) is 38.2 Å². The molecule has 1 aliphatic carbocycles. The van der Waals surface area contributed by atoms with Crippen molar-refractivity contribution in [1.82, 2.24) is 4.72 Å². The lowest BCUT2D eigenvalue weighted by molar-refractivity contribution is 0.412.